The first-order valence-electron chi connectivity index (χ1n) is 4.95. The number of carbonyl (C=O) groups excluding carboxylic acids is 1. The van der Waals surface area contributed by atoms with Crippen LogP contribution in [0, 0.1) is 0 Å². The van der Waals surface area contributed by atoms with E-state index in [1.165, 1.54) is 0 Å². The van der Waals surface area contributed by atoms with Gasteiger partial charge in [-0.25, -0.2) is 0 Å². The third-order valence-electron chi connectivity index (χ3n) is 1.92. The topological polar surface area (TPSA) is 55.1 Å². The Morgan fingerprint density at radius 1 is 1.47 bits per heavy atom. The number of halogens is 3. The van der Waals surface area contributed by atoms with Crippen LogP contribution < -0.4 is 11.1 Å². The second-order valence-electron chi connectivity index (χ2n) is 3.40. The number of nitrogens with two attached hydrogens (primary N) is 1. The number of alkyl halides is 3. The number of hydrogen-bond donors (Lipinski definition) is 2. The van der Waals surface area contributed by atoms with Crippen LogP contribution in [-0.4, -0.2) is 24.7 Å². The minimum Gasteiger partial charge on any atom is -0.352 e. The van der Waals surface area contributed by atoms with Gasteiger partial charge >= 0.3 is 6.18 Å². The summed E-state index contributed by atoms with van der Waals surface area (Å²) in [6.45, 7) is 2.18. The molecule has 3 N–H and O–H groups in total. The highest BCUT2D eigenvalue weighted by Gasteiger charge is 2.28. The van der Waals surface area contributed by atoms with Crippen molar-refractivity contribution < 1.29 is 18.0 Å². The summed E-state index contributed by atoms with van der Waals surface area (Å²) in [5.74, 6) is -0.587. The highest BCUT2D eigenvalue weighted by Crippen LogP contribution is 2.21. The predicted octanol–water partition coefficient (Wildman–Crippen LogP) is 1.57. The van der Waals surface area contributed by atoms with E-state index in [-0.39, 0.29) is 12.6 Å². The molecule has 0 aromatic carbocycles. The molecule has 1 unspecified atom stereocenters. The molecule has 1 atom stereocenters. The van der Waals surface area contributed by atoms with Gasteiger partial charge in [0, 0.05) is 19.0 Å². The molecule has 1 amide bonds. The first kappa shape index (κ1) is 14.2. The Hall–Kier alpha value is -0.780. The van der Waals surface area contributed by atoms with E-state index in [2.05, 4.69) is 5.32 Å². The first-order chi connectivity index (χ1) is 6.89. The molecular weight excluding hydrogens is 209 g/mol. The Morgan fingerprint density at radius 3 is 2.47 bits per heavy atom. The molecule has 0 heterocycles. The largest absolute Gasteiger partial charge is 0.389 e. The van der Waals surface area contributed by atoms with E-state index in [1.54, 1.807) is 0 Å². The average Bonchev–Trinajstić information content (AvgIpc) is 2.13. The Balaban J connectivity index is 3.81. The molecule has 0 spiro atoms. The van der Waals surface area contributed by atoms with Crippen molar-refractivity contribution in [1.29, 1.82) is 0 Å². The normalized spacial score (nSPS) is 13.7. The van der Waals surface area contributed by atoms with Crippen LogP contribution in [0.1, 0.15) is 32.6 Å². The number of nitrogens with one attached hydrogen (secondary N) is 1. The molecule has 0 aliphatic carbocycles. The second kappa shape index (κ2) is 6.66. The van der Waals surface area contributed by atoms with Crippen molar-refractivity contribution in [2.24, 2.45) is 5.73 Å². The van der Waals surface area contributed by atoms with Gasteiger partial charge in [-0.15, -0.1) is 0 Å². The summed E-state index contributed by atoms with van der Waals surface area (Å²) in [4.78, 5) is 11.1. The summed E-state index contributed by atoms with van der Waals surface area (Å²) >= 11 is 0. The van der Waals surface area contributed by atoms with E-state index in [1.807, 2.05) is 6.92 Å². The lowest BCUT2D eigenvalue weighted by atomic mass is 10.1. The summed E-state index contributed by atoms with van der Waals surface area (Å²) in [5.41, 5.74) is 5.35. The van der Waals surface area contributed by atoms with Crippen LogP contribution in [-0.2, 0) is 4.79 Å². The number of carbonyl (C=O) groups is 1. The van der Waals surface area contributed by atoms with Crippen molar-refractivity contribution in [2.75, 3.05) is 6.54 Å². The van der Waals surface area contributed by atoms with Crippen LogP contribution in [0.4, 0.5) is 13.2 Å². The van der Waals surface area contributed by atoms with Crippen molar-refractivity contribution in [3.63, 3.8) is 0 Å². The van der Waals surface area contributed by atoms with Gasteiger partial charge in [0.2, 0.25) is 5.91 Å². The fraction of sp³-hybridized carbons (Fsp3) is 0.889. The van der Waals surface area contributed by atoms with Gasteiger partial charge in [0.05, 0.1) is 6.42 Å². The van der Waals surface area contributed by atoms with Crippen LogP contribution in [0.25, 0.3) is 0 Å². The molecule has 0 aliphatic heterocycles. The molecule has 0 radical (unpaired) electrons. The van der Waals surface area contributed by atoms with E-state index in [0.717, 1.165) is 6.42 Å². The number of amides is 1. The fourth-order valence-electron chi connectivity index (χ4n) is 1.15. The Labute approximate surface area is 87.2 Å². The molecule has 0 bridgehead atoms. The van der Waals surface area contributed by atoms with Crippen LogP contribution in [0.2, 0.25) is 0 Å². The Morgan fingerprint density at radius 2 is 2.07 bits per heavy atom. The summed E-state index contributed by atoms with van der Waals surface area (Å²) in [7, 11) is 0. The molecular formula is C9H17F3N2O. The van der Waals surface area contributed by atoms with Gasteiger partial charge in [-0.05, 0) is 6.42 Å². The molecule has 0 rings (SSSR count). The third-order valence-corrected chi connectivity index (χ3v) is 1.92. The zero-order valence-electron chi connectivity index (χ0n) is 8.73. The van der Waals surface area contributed by atoms with E-state index in [4.69, 9.17) is 5.73 Å². The van der Waals surface area contributed by atoms with Gasteiger partial charge in [-0.3, -0.25) is 4.79 Å². The molecule has 0 aliphatic rings. The van der Waals surface area contributed by atoms with Crippen molar-refractivity contribution in [3.8, 4) is 0 Å². The fourth-order valence-corrected chi connectivity index (χ4v) is 1.15. The van der Waals surface area contributed by atoms with Gasteiger partial charge < -0.3 is 11.1 Å². The first-order valence-corrected chi connectivity index (χ1v) is 4.95. The van der Waals surface area contributed by atoms with Gasteiger partial charge in [0.25, 0.3) is 0 Å². The lowest BCUT2D eigenvalue weighted by Gasteiger charge is -2.16. The molecule has 0 saturated carbocycles. The molecule has 15 heavy (non-hydrogen) atoms. The Bertz CT molecular complexity index is 194. The quantitative estimate of drug-likeness (QED) is 0.722. The van der Waals surface area contributed by atoms with Gasteiger partial charge in [-0.1, -0.05) is 13.3 Å². The second-order valence-corrected chi connectivity index (χ2v) is 3.40. The van der Waals surface area contributed by atoms with Crippen LogP contribution >= 0.6 is 0 Å². The maximum absolute atomic E-state index is 11.8. The standard InChI is InChI=1S/C9H17F3N2O/c1-2-3-7(6-13)14-8(15)4-5-9(10,11)12/h7H,2-6,13H2,1H3,(H,14,15). The van der Waals surface area contributed by atoms with Crippen molar-refractivity contribution in [1.82, 2.24) is 5.32 Å². The highest BCUT2D eigenvalue weighted by atomic mass is 19.4. The minimum absolute atomic E-state index is 0.212. The lowest BCUT2D eigenvalue weighted by molar-refractivity contribution is -0.144. The summed E-state index contributed by atoms with van der Waals surface area (Å²) in [5, 5.41) is 2.48. The molecule has 6 heteroatoms. The van der Waals surface area contributed by atoms with Crippen molar-refractivity contribution in [2.45, 2.75) is 44.8 Å². The van der Waals surface area contributed by atoms with E-state index < -0.39 is 24.9 Å². The zero-order valence-corrected chi connectivity index (χ0v) is 8.73. The minimum atomic E-state index is -4.28. The number of hydrogen-bond acceptors (Lipinski definition) is 2. The Kier molecular flexibility index (Phi) is 6.31. The van der Waals surface area contributed by atoms with Gasteiger partial charge in [0.1, 0.15) is 0 Å². The third kappa shape index (κ3) is 8.23. The summed E-state index contributed by atoms with van der Waals surface area (Å²) in [6.07, 6.45) is -4.36. The summed E-state index contributed by atoms with van der Waals surface area (Å²) in [6, 6.07) is -0.212. The maximum Gasteiger partial charge on any atom is 0.389 e. The highest BCUT2D eigenvalue weighted by molar-refractivity contribution is 5.76. The van der Waals surface area contributed by atoms with E-state index in [9.17, 15) is 18.0 Å². The zero-order chi connectivity index (χ0) is 11.9. The predicted molar refractivity (Wildman–Crippen MR) is 51.2 cm³/mol. The van der Waals surface area contributed by atoms with Crippen LogP contribution in [0.15, 0.2) is 0 Å². The average molecular weight is 226 g/mol. The molecule has 0 fully saturated rings. The van der Waals surface area contributed by atoms with Crippen LogP contribution in [0.5, 0.6) is 0 Å². The maximum atomic E-state index is 11.8. The number of rotatable bonds is 6. The van der Waals surface area contributed by atoms with Gasteiger partial charge in [0.15, 0.2) is 0 Å². The van der Waals surface area contributed by atoms with E-state index in [0.29, 0.717) is 6.42 Å². The monoisotopic (exact) mass is 226 g/mol. The molecule has 0 saturated heterocycles. The van der Waals surface area contributed by atoms with E-state index >= 15 is 0 Å². The summed E-state index contributed by atoms with van der Waals surface area (Å²) < 4.78 is 35.3. The van der Waals surface area contributed by atoms with Crippen molar-refractivity contribution >= 4 is 5.91 Å². The SMILES string of the molecule is CCCC(CN)NC(=O)CCC(F)(F)F. The van der Waals surface area contributed by atoms with Crippen molar-refractivity contribution in [3.05, 3.63) is 0 Å². The molecule has 0 aromatic heterocycles. The lowest BCUT2D eigenvalue weighted by Crippen LogP contribution is -2.40. The van der Waals surface area contributed by atoms with Gasteiger partial charge in [-0.2, -0.15) is 13.2 Å². The molecule has 90 valence electrons. The molecule has 0 aromatic rings. The van der Waals surface area contributed by atoms with Crippen LogP contribution in [0.3, 0.4) is 0 Å². The molecule has 3 nitrogen and oxygen atoms in total. The smallest absolute Gasteiger partial charge is 0.352 e.